The minimum absolute atomic E-state index is 0.668. The first-order valence-electron chi connectivity index (χ1n) is 5.68. The van der Waals surface area contributed by atoms with Crippen molar-refractivity contribution in [2.45, 2.75) is 34.6 Å². The van der Waals surface area contributed by atoms with Crippen LogP contribution in [-0.4, -0.2) is 14.8 Å². The van der Waals surface area contributed by atoms with Gasteiger partial charge in [0.05, 0.1) is 5.69 Å². The van der Waals surface area contributed by atoms with Crippen molar-refractivity contribution in [1.82, 2.24) is 14.8 Å². The molecule has 0 amide bonds. The maximum atomic E-state index is 6.05. The van der Waals surface area contributed by atoms with E-state index >= 15 is 0 Å². The van der Waals surface area contributed by atoms with Crippen LogP contribution in [0.5, 0.6) is 0 Å². The molecule has 90 valence electrons. The highest BCUT2D eigenvalue weighted by atomic mass is 15.3. The third-order valence-corrected chi connectivity index (χ3v) is 3.24. The second-order valence-electron chi connectivity index (χ2n) is 4.54. The van der Waals surface area contributed by atoms with Crippen LogP contribution in [0.3, 0.4) is 0 Å². The first-order valence-corrected chi connectivity index (χ1v) is 5.68. The van der Waals surface area contributed by atoms with Gasteiger partial charge < -0.3 is 5.73 Å². The number of aromatic nitrogens is 3. The Morgan fingerprint density at radius 3 is 2.18 bits per heavy atom. The topological polar surface area (TPSA) is 56.7 Å². The molecule has 0 aliphatic heterocycles. The SMILES string of the molecule is Cc1cc(C)c(-n2nc(C)c(C)c2N)nc1C. The molecule has 17 heavy (non-hydrogen) atoms. The van der Waals surface area contributed by atoms with E-state index in [1.807, 2.05) is 27.7 Å². The lowest BCUT2D eigenvalue weighted by Crippen LogP contribution is -2.08. The fourth-order valence-electron chi connectivity index (χ4n) is 1.83. The zero-order chi connectivity index (χ0) is 12.7. The Balaban J connectivity index is 2.68. The second kappa shape index (κ2) is 3.87. The largest absolute Gasteiger partial charge is 0.383 e. The van der Waals surface area contributed by atoms with Crippen LogP contribution in [0.2, 0.25) is 0 Å². The van der Waals surface area contributed by atoms with Crippen LogP contribution in [-0.2, 0) is 0 Å². The number of hydrogen-bond acceptors (Lipinski definition) is 3. The summed E-state index contributed by atoms with van der Waals surface area (Å²) >= 11 is 0. The van der Waals surface area contributed by atoms with Gasteiger partial charge in [-0.25, -0.2) is 4.98 Å². The van der Waals surface area contributed by atoms with Gasteiger partial charge in [0, 0.05) is 11.3 Å². The molecule has 0 aliphatic carbocycles. The Hall–Kier alpha value is -1.84. The number of nitrogens with zero attached hydrogens (tertiary/aromatic N) is 3. The van der Waals surface area contributed by atoms with E-state index in [-0.39, 0.29) is 0 Å². The number of nitrogen functional groups attached to an aromatic ring is 1. The molecule has 0 saturated heterocycles. The van der Waals surface area contributed by atoms with E-state index < -0.39 is 0 Å². The first-order chi connectivity index (χ1) is 7.91. The molecule has 2 aromatic heterocycles. The molecule has 0 radical (unpaired) electrons. The summed E-state index contributed by atoms with van der Waals surface area (Å²) in [5.41, 5.74) is 11.3. The van der Waals surface area contributed by atoms with Crippen molar-refractivity contribution < 1.29 is 0 Å². The number of hydrogen-bond donors (Lipinski definition) is 1. The third kappa shape index (κ3) is 1.79. The van der Waals surface area contributed by atoms with Gasteiger partial charge in [0.1, 0.15) is 5.82 Å². The molecule has 0 fully saturated rings. The van der Waals surface area contributed by atoms with E-state index in [9.17, 15) is 0 Å². The molecular weight excluding hydrogens is 212 g/mol. The van der Waals surface area contributed by atoms with Crippen molar-refractivity contribution in [3.8, 4) is 5.82 Å². The lowest BCUT2D eigenvalue weighted by atomic mass is 10.1. The van der Waals surface area contributed by atoms with E-state index in [1.54, 1.807) is 4.68 Å². The zero-order valence-electron chi connectivity index (χ0n) is 11.0. The van der Waals surface area contributed by atoms with Crippen LogP contribution in [0.4, 0.5) is 5.82 Å². The van der Waals surface area contributed by atoms with E-state index in [4.69, 9.17) is 5.73 Å². The van der Waals surface area contributed by atoms with Crippen molar-refractivity contribution in [2.24, 2.45) is 0 Å². The van der Waals surface area contributed by atoms with Gasteiger partial charge in [-0.3, -0.25) is 0 Å². The average Bonchev–Trinajstić information content (AvgIpc) is 2.51. The molecule has 0 bridgehead atoms. The molecule has 4 heteroatoms. The zero-order valence-corrected chi connectivity index (χ0v) is 11.0. The molecule has 0 aliphatic rings. The van der Waals surface area contributed by atoms with E-state index in [0.29, 0.717) is 5.82 Å². The first kappa shape index (κ1) is 11.6. The molecule has 2 N–H and O–H groups in total. The van der Waals surface area contributed by atoms with Gasteiger partial charge in [-0.1, -0.05) is 6.07 Å². The van der Waals surface area contributed by atoms with Crippen molar-refractivity contribution in [2.75, 3.05) is 5.73 Å². The monoisotopic (exact) mass is 230 g/mol. The Kier molecular flexibility index (Phi) is 2.65. The quantitative estimate of drug-likeness (QED) is 0.818. The molecule has 0 unspecified atom stereocenters. The van der Waals surface area contributed by atoms with Crippen molar-refractivity contribution >= 4 is 5.82 Å². The Morgan fingerprint density at radius 2 is 1.65 bits per heavy atom. The molecule has 0 saturated carbocycles. The maximum Gasteiger partial charge on any atom is 0.158 e. The van der Waals surface area contributed by atoms with Gasteiger partial charge in [0.15, 0.2) is 5.82 Å². The van der Waals surface area contributed by atoms with Crippen LogP contribution in [0.1, 0.15) is 28.1 Å². The number of aryl methyl sites for hydroxylation is 4. The maximum absolute atomic E-state index is 6.05. The summed E-state index contributed by atoms with van der Waals surface area (Å²) in [5.74, 6) is 1.49. The van der Waals surface area contributed by atoms with Crippen LogP contribution in [0.15, 0.2) is 6.07 Å². The normalized spacial score (nSPS) is 10.9. The highest BCUT2D eigenvalue weighted by Gasteiger charge is 2.13. The summed E-state index contributed by atoms with van der Waals surface area (Å²) < 4.78 is 1.73. The fraction of sp³-hybridized carbons (Fsp3) is 0.385. The van der Waals surface area contributed by atoms with Crippen molar-refractivity contribution in [1.29, 1.82) is 0 Å². The number of anilines is 1. The second-order valence-corrected chi connectivity index (χ2v) is 4.54. The third-order valence-electron chi connectivity index (χ3n) is 3.24. The molecule has 2 aromatic rings. The van der Waals surface area contributed by atoms with Crippen molar-refractivity contribution in [3.05, 3.63) is 34.1 Å². The van der Waals surface area contributed by atoms with Gasteiger partial charge in [-0.15, -0.1) is 0 Å². The summed E-state index contributed by atoms with van der Waals surface area (Å²) in [7, 11) is 0. The number of pyridine rings is 1. The van der Waals surface area contributed by atoms with E-state index in [0.717, 1.165) is 28.3 Å². The minimum Gasteiger partial charge on any atom is -0.383 e. The lowest BCUT2D eigenvalue weighted by molar-refractivity contribution is 0.825. The summed E-state index contributed by atoms with van der Waals surface area (Å²) in [6, 6.07) is 2.11. The van der Waals surface area contributed by atoms with Gasteiger partial charge in [-0.2, -0.15) is 9.78 Å². The molecule has 0 atom stereocenters. The highest BCUT2D eigenvalue weighted by molar-refractivity contribution is 5.49. The molecule has 2 heterocycles. The summed E-state index contributed by atoms with van der Waals surface area (Å²) in [4.78, 5) is 4.58. The number of nitrogens with two attached hydrogens (primary N) is 1. The minimum atomic E-state index is 0.668. The molecule has 4 nitrogen and oxygen atoms in total. The van der Waals surface area contributed by atoms with E-state index in [2.05, 4.69) is 23.1 Å². The highest BCUT2D eigenvalue weighted by Crippen LogP contribution is 2.21. The van der Waals surface area contributed by atoms with Crippen LogP contribution >= 0.6 is 0 Å². The Bertz CT molecular complexity index is 582. The smallest absolute Gasteiger partial charge is 0.158 e. The fourth-order valence-corrected chi connectivity index (χ4v) is 1.83. The Labute approximate surface area is 101 Å². The average molecular weight is 230 g/mol. The summed E-state index contributed by atoms with van der Waals surface area (Å²) in [6.07, 6.45) is 0. The van der Waals surface area contributed by atoms with Gasteiger partial charge in [0.2, 0.25) is 0 Å². The Morgan fingerprint density at radius 1 is 1.00 bits per heavy atom. The van der Waals surface area contributed by atoms with Crippen LogP contribution in [0.25, 0.3) is 5.82 Å². The molecule has 0 aromatic carbocycles. The van der Waals surface area contributed by atoms with Crippen molar-refractivity contribution in [3.63, 3.8) is 0 Å². The van der Waals surface area contributed by atoms with Crippen LogP contribution in [0, 0.1) is 34.6 Å². The molecule has 2 rings (SSSR count). The predicted molar refractivity (Wildman–Crippen MR) is 69.5 cm³/mol. The van der Waals surface area contributed by atoms with Gasteiger partial charge in [0.25, 0.3) is 0 Å². The molecular formula is C13H18N4. The standard InChI is InChI=1S/C13H18N4/c1-7-6-8(2)13(15-10(7)4)17-12(14)9(3)11(5)16-17/h6H,14H2,1-5H3. The summed E-state index contributed by atoms with van der Waals surface area (Å²) in [5, 5.41) is 4.44. The van der Waals surface area contributed by atoms with Crippen LogP contribution < -0.4 is 5.73 Å². The summed E-state index contributed by atoms with van der Waals surface area (Å²) in [6.45, 7) is 10.0. The van der Waals surface area contributed by atoms with E-state index in [1.165, 1.54) is 5.56 Å². The lowest BCUT2D eigenvalue weighted by Gasteiger charge is -2.10. The molecule has 0 spiro atoms. The van der Waals surface area contributed by atoms with Gasteiger partial charge in [-0.05, 0) is 45.7 Å². The van der Waals surface area contributed by atoms with Gasteiger partial charge >= 0.3 is 0 Å². The number of rotatable bonds is 1. The predicted octanol–water partition coefficient (Wildman–Crippen LogP) is 2.39.